The minimum atomic E-state index is -0.103. The zero-order valence-electron chi connectivity index (χ0n) is 15.7. The van der Waals surface area contributed by atoms with Gasteiger partial charge in [0, 0.05) is 18.4 Å². The van der Waals surface area contributed by atoms with E-state index in [1.54, 1.807) is 6.07 Å². The number of para-hydroxylation sites is 1. The van der Waals surface area contributed by atoms with E-state index in [0.717, 1.165) is 17.8 Å². The minimum absolute atomic E-state index is 0.0847. The number of hydrogen-bond acceptors (Lipinski definition) is 3. The van der Waals surface area contributed by atoms with Gasteiger partial charge in [0.1, 0.15) is 5.82 Å². The zero-order valence-corrected chi connectivity index (χ0v) is 15.7. The van der Waals surface area contributed by atoms with Crippen LogP contribution in [0.5, 0.6) is 0 Å². The van der Waals surface area contributed by atoms with Gasteiger partial charge in [0.05, 0.1) is 10.9 Å². The number of aromatic amines is 1. The molecule has 4 bridgehead atoms. The van der Waals surface area contributed by atoms with Crippen molar-refractivity contribution in [3.8, 4) is 0 Å². The van der Waals surface area contributed by atoms with Crippen LogP contribution < -0.4 is 10.9 Å². The molecule has 5 heteroatoms. The van der Waals surface area contributed by atoms with E-state index in [0.29, 0.717) is 36.0 Å². The van der Waals surface area contributed by atoms with Crippen LogP contribution in [0.2, 0.25) is 0 Å². The third-order valence-electron chi connectivity index (χ3n) is 6.92. The van der Waals surface area contributed by atoms with Crippen LogP contribution in [0.25, 0.3) is 10.9 Å². The van der Waals surface area contributed by atoms with E-state index in [-0.39, 0.29) is 17.0 Å². The topological polar surface area (TPSA) is 74.8 Å². The molecule has 0 saturated heterocycles. The van der Waals surface area contributed by atoms with Crippen molar-refractivity contribution in [1.29, 1.82) is 0 Å². The Labute approximate surface area is 159 Å². The lowest BCUT2D eigenvalue weighted by Gasteiger charge is -2.56. The molecule has 142 valence electrons. The van der Waals surface area contributed by atoms with Crippen molar-refractivity contribution in [3.63, 3.8) is 0 Å². The molecule has 2 N–H and O–H groups in total. The Balaban J connectivity index is 1.19. The van der Waals surface area contributed by atoms with E-state index >= 15 is 0 Å². The molecule has 0 radical (unpaired) electrons. The lowest BCUT2D eigenvalue weighted by Crippen LogP contribution is -2.59. The van der Waals surface area contributed by atoms with Gasteiger partial charge < -0.3 is 10.3 Å². The molecule has 27 heavy (non-hydrogen) atoms. The number of aryl methyl sites for hydroxylation is 1. The standard InChI is InChI=1S/C22H27N3O2/c26-20(25-22-11-14-8-15(12-22)10-16(9-14)13-22)7-3-6-19-23-18-5-2-1-4-17(18)21(27)24-19/h1-2,4-5,14-16H,3,6-13H2,(H,25,26)(H,23,24,27). The van der Waals surface area contributed by atoms with E-state index < -0.39 is 0 Å². The van der Waals surface area contributed by atoms with Gasteiger partial charge in [-0.05, 0) is 74.8 Å². The summed E-state index contributed by atoms with van der Waals surface area (Å²) in [5.41, 5.74) is 0.698. The summed E-state index contributed by atoms with van der Waals surface area (Å²) in [6, 6.07) is 7.36. The molecule has 4 aliphatic carbocycles. The quantitative estimate of drug-likeness (QED) is 0.853. The lowest BCUT2D eigenvalue weighted by molar-refractivity contribution is -0.126. The lowest BCUT2D eigenvalue weighted by atomic mass is 9.53. The van der Waals surface area contributed by atoms with Gasteiger partial charge in [0.25, 0.3) is 5.56 Å². The smallest absolute Gasteiger partial charge is 0.258 e. The molecule has 5 nitrogen and oxygen atoms in total. The molecular formula is C22H27N3O2. The van der Waals surface area contributed by atoms with Gasteiger partial charge in [-0.2, -0.15) is 0 Å². The fourth-order valence-corrected chi connectivity index (χ4v) is 6.29. The van der Waals surface area contributed by atoms with Crippen molar-refractivity contribution in [3.05, 3.63) is 40.4 Å². The second-order valence-electron chi connectivity index (χ2n) is 9.13. The molecule has 0 spiro atoms. The van der Waals surface area contributed by atoms with Crippen LogP contribution in [-0.4, -0.2) is 21.4 Å². The predicted molar refractivity (Wildman–Crippen MR) is 104 cm³/mol. The fourth-order valence-electron chi connectivity index (χ4n) is 6.29. The van der Waals surface area contributed by atoms with Crippen LogP contribution in [0.4, 0.5) is 0 Å². The first-order chi connectivity index (χ1) is 13.1. The first-order valence-electron chi connectivity index (χ1n) is 10.4. The molecule has 1 aromatic heterocycles. The molecule has 1 aromatic carbocycles. The Kier molecular flexibility index (Phi) is 4.06. The number of hydrogen-bond donors (Lipinski definition) is 2. The first kappa shape index (κ1) is 17.0. The molecule has 0 atom stereocenters. The van der Waals surface area contributed by atoms with Gasteiger partial charge in [-0.3, -0.25) is 9.59 Å². The average Bonchev–Trinajstić information content (AvgIpc) is 2.60. The number of amides is 1. The van der Waals surface area contributed by atoms with Crippen LogP contribution >= 0.6 is 0 Å². The number of fused-ring (bicyclic) bond motifs is 1. The molecule has 4 saturated carbocycles. The van der Waals surface area contributed by atoms with E-state index in [4.69, 9.17) is 0 Å². The maximum atomic E-state index is 12.6. The highest BCUT2D eigenvalue weighted by molar-refractivity contribution is 5.77. The molecule has 0 aliphatic heterocycles. The summed E-state index contributed by atoms with van der Waals surface area (Å²) < 4.78 is 0. The third-order valence-corrected chi connectivity index (χ3v) is 6.92. The number of carbonyl (C=O) groups is 1. The monoisotopic (exact) mass is 365 g/mol. The average molecular weight is 365 g/mol. The summed E-state index contributed by atoms with van der Waals surface area (Å²) in [5.74, 6) is 3.34. The summed E-state index contributed by atoms with van der Waals surface area (Å²) in [7, 11) is 0. The summed E-state index contributed by atoms with van der Waals surface area (Å²) in [5, 5.41) is 4.03. The highest BCUT2D eigenvalue weighted by Gasteiger charge is 2.51. The summed E-state index contributed by atoms with van der Waals surface area (Å²) in [6.45, 7) is 0. The number of nitrogens with one attached hydrogen (secondary N) is 2. The normalized spacial score (nSPS) is 31.3. The predicted octanol–water partition coefficient (Wildman–Crippen LogP) is 3.33. The number of H-pyrrole nitrogens is 1. The van der Waals surface area contributed by atoms with Crippen molar-refractivity contribution in [2.45, 2.75) is 63.3 Å². The number of benzene rings is 1. The van der Waals surface area contributed by atoms with Crippen LogP contribution in [-0.2, 0) is 11.2 Å². The van der Waals surface area contributed by atoms with E-state index in [9.17, 15) is 9.59 Å². The van der Waals surface area contributed by atoms with Gasteiger partial charge >= 0.3 is 0 Å². The van der Waals surface area contributed by atoms with Crippen LogP contribution in [0.3, 0.4) is 0 Å². The Morgan fingerprint density at radius 1 is 1.11 bits per heavy atom. The zero-order chi connectivity index (χ0) is 18.4. The molecule has 4 fully saturated rings. The van der Waals surface area contributed by atoms with Crippen molar-refractivity contribution >= 4 is 16.8 Å². The SMILES string of the molecule is O=C(CCCc1nc2ccccc2c(=O)[nH]1)NC12CC3CC(CC(C3)C1)C2. The molecule has 2 aromatic rings. The van der Waals surface area contributed by atoms with E-state index in [2.05, 4.69) is 15.3 Å². The van der Waals surface area contributed by atoms with Gasteiger partial charge in [0.15, 0.2) is 0 Å². The van der Waals surface area contributed by atoms with Gasteiger partial charge in [-0.1, -0.05) is 12.1 Å². The number of rotatable bonds is 5. The Morgan fingerprint density at radius 2 is 1.78 bits per heavy atom. The fraction of sp³-hybridized carbons (Fsp3) is 0.591. The van der Waals surface area contributed by atoms with Crippen molar-refractivity contribution in [1.82, 2.24) is 15.3 Å². The van der Waals surface area contributed by atoms with E-state index in [1.807, 2.05) is 18.2 Å². The minimum Gasteiger partial charge on any atom is -0.351 e. The maximum absolute atomic E-state index is 12.6. The Morgan fingerprint density at radius 3 is 2.48 bits per heavy atom. The van der Waals surface area contributed by atoms with Crippen LogP contribution in [0, 0.1) is 17.8 Å². The first-order valence-corrected chi connectivity index (χ1v) is 10.4. The van der Waals surface area contributed by atoms with Crippen molar-refractivity contribution in [2.24, 2.45) is 17.8 Å². The Bertz CT molecular complexity index is 897. The maximum Gasteiger partial charge on any atom is 0.258 e. The molecule has 1 amide bonds. The van der Waals surface area contributed by atoms with Gasteiger partial charge in [0.2, 0.25) is 5.91 Å². The Hall–Kier alpha value is -2.17. The van der Waals surface area contributed by atoms with E-state index in [1.165, 1.54) is 38.5 Å². The number of carbonyl (C=O) groups excluding carboxylic acids is 1. The molecule has 0 unspecified atom stereocenters. The third kappa shape index (κ3) is 3.28. The van der Waals surface area contributed by atoms with Crippen LogP contribution in [0.15, 0.2) is 29.1 Å². The highest BCUT2D eigenvalue weighted by Crippen LogP contribution is 2.55. The van der Waals surface area contributed by atoms with Gasteiger partial charge in [-0.25, -0.2) is 4.98 Å². The molecule has 4 aliphatic rings. The second-order valence-corrected chi connectivity index (χ2v) is 9.13. The number of nitrogens with zero attached hydrogens (tertiary/aromatic N) is 1. The molecule has 6 rings (SSSR count). The van der Waals surface area contributed by atoms with Gasteiger partial charge in [-0.15, -0.1) is 0 Å². The summed E-state index contributed by atoms with van der Waals surface area (Å²) in [6.07, 6.45) is 9.54. The molecule has 1 heterocycles. The second kappa shape index (κ2) is 6.47. The van der Waals surface area contributed by atoms with Crippen molar-refractivity contribution < 1.29 is 4.79 Å². The highest BCUT2D eigenvalue weighted by atomic mass is 16.1. The number of aromatic nitrogens is 2. The summed E-state index contributed by atoms with van der Waals surface area (Å²) >= 11 is 0. The van der Waals surface area contributed by atoms with Crippen LogP contribution in [0.1, 0.15) is 57.2 Å². The summed E-state index contributed by atoms with van der Waals surface area (Å²) in [4.78, 5) is 32.1. The molecular weight excluding hydrogens is 338 g/mol. The van der Waals surface area contributed by atoms with Crippen molar-refractivity contribution in [2.75, 3.05) is 0 Å². The largest absolute Gasteiger partial charge is 0.351 e.